The average Bonchev–Trinajstić information content (AvgIpc) is 3.16. The molecule has 0 radical (unpaired) electrons. The summed E-state index contributed by atoms with van der Waals surface area (Å²) in [5.41, 5.74) is 2.47. The molecule has 1 aromatic carbocycles. The van der Waals surface area contributed by atoms with Gasteiger partial charge in [-0.25, -0.2) is 9.97 Å². The molecule has 0 bridgehead atoms. The van der Waals surface area contributed by atoms with Crippen molar-refractivity contribution in [3.8, 4) is 0 Å². The maximum atomic E-state index is 12.4. The molecule has 0 aliphatic heterocycles. The Labute approximate surface area is 187 Å². The zero-order chi connectivity index (χ0) is 21.6. The minimum atomic E-state index is -0.0446. The van der Waals surface area contributed by atoms with Crippen molar-refractivity contribution < 1.29 is 9.53 Å². The Balaban J connectivity index is 1.67. The second kappa shape index (κ2) is 10.0. The Morgan fingerprint density at radius 3 is 2.81 bits per heavy atom. The van der Waals surface area contributed by atoms with Gasteiger partial charge in [-0.1, -0.05) is 36.4 Å². The van der Waals surface area contributed by atoms with E-state index in [2.05, 4.69) is 17.4 Å². The second-order valence-electron chi connectivity index (χ2n) is 7.74. The highest BCUT2D eigenvalue weighted by molar-refractivity contribution is 7.19. The van der Waals surface area contributed by atoms with Crippen molar-refractivity contribution in [3.05, 3.63) is 52.2 Å². The van der Waals surface area contributed by atoms with E-state index < -0.39 is 0 Å². The molecule has 2 aromatic heterocycles. The van der Waals surface area contributed by atoms with Gasteiger partial charge in [0.05, 0.1) is 18.5 Å². The van der Waals surface area contributed by atoms with Gasteiger partial charge in [-0.2, -0.15) is 0 Å². The maximum Gasteiger partial charge on any atom is 0.239 e. The van der Waals surface area contributed by atoms with E-state index in [0.717, 1.165) is 34.4 Å². The average molecular weight is 437 g/mol. The molecule has 0 atom stereocenters. The van der Waals surface area contributed by atoms with Crippen LogP contribution in [0.5, 0.6) is 0 Å². The van der Waals surface area contributed by atoms with Crippen LogP contribution in [0.1, 0.15) is 34.7 Å². The third kappa shape index (κ3) is 5.11. The Hall–Kier alpha value is -2.77. The third-order valence-electron chi connectivity index (χ3n) is 5.41. The SMILES string of the molecule is COCCNC(=O)CN(C)c1nc(/C=C/c2ccccc2)nc2sc3c(c12)CCCC3. The number of carbonyl (C=O) groups is 1. The first-order valence-electron chi connectivity index (χ1n) is 10.7. The number of anilines is 1. The quantitative estimate of drug-likeness (QED) is 0.542. The monoisotopic (exact) mass is 436 g/mol. The normalized spacial score (nSPS) is 13.5. The van der Waals surface area contributed by atoms with Crippen LogP contribution in [0, 0.1) is 0 Å². The van der Waals surface area contributed by atoms with Gasteiger partial charge in [-0.05, 0) is 42.9 Å². The van der Waals surface area contributed by atoms with Crippen LogP contribution in [0.3, 0.4) is 0 Å². The number of aryl methyl sites for hydroxylation is 2. The van der Waals surface area contributed by atoms with Crippen LogP contribution in [0.15, 0.2) is 30.3 Å². The van der Waals surface area contributed by atoms with Crippen molar-refractivity contribution in [1.29, 1.82) is 0 Å². The summed E-state index contributed by atoms with van der Waals surface area (Å²) in [5, 5.41) is 4.00. The Kier molecular flexibility index (Phi) is 6.94. The van der Waals surface area contributed by atoms with Crippen molar-refractivity contribution >= 4 is 45.4 Å². The first-order chi connectivity index (χ1) is 15.2. The van der Waals surface area contributed by atoms with E-state index >= 15 is 0 Å². The molecule has 1 N–H and O–H groups in total. The fourth-order valence-corrected chi connectivity index (χ4v) is 5.14. The predicted octanol–water partition coefficient (Wildman–Crippen LogP) is 3.94. The zero-order valence-corrected chi connectivity index (χ0v) is 18.9. The number of nitrogens with one attached hydrogen (secondary N) is 1. The Morgan fingerprint density at radius 2 is 2.00 bits per heavy atom. The number of likely N-dealkylation sites (N-methyl/N-ethyl adjacent to an activating group) is 1. The summed E-state index contributed by atoms with van der Waals surface area (Å²) in [5.74, 6) is 1.45. The van der Waals surface area contributed by atoms with Crippen molar-refractivity contribution in [2.45, 2.75) is 25.7 Å². The largest absolute Gasteiger partial charge is 0.383 e. The molecule has 3 aromatic rings. The number of benzene rings is 1. The number of hydrogen-bond donors (Lipinski definition) is 1. The Morgan fingerprint density at radius 1 is 1.19 bits per heavy atom. The standard InChI is InChI=1S/C24H28N4O2S/c1-28(16-21(29)25-14-15-30-2)23-22-18-10-6-7-11-19(18)31-24(22)27-20(26-23)13-12-17-8-4-3-5-9-17/h3-5,8-9,12-13H,6-7,10-11,14-16H2,1-2H3,(H,25,29)/b13-12+. The van der Waals surface area contributed by atoms with Crippen LogP contribution in [0.2, 0.25) is 0 Å². The van der Waals surface area contributed by atoms with E-state index in [1.807, 2.05) is 42.3 Å². The highest BCUT2D eigenvalue weighted by Crippen LogP contribution is 2.39. The number of hydrogen-bond acceptors (Lipinski definition) is 6. The first-order valence-corrected chi connectivity index (χ1v) is 11.5. The predicted molar refractivity (Wildman–Crippen MR) is 128 cm³/mol. The van der Waals surface area contributed by atoms with Gasteiger partial charge in [-0.15, -0.1) is 11.3 Å². The van der Waals surface area contributed by atoms with E-state index in [-0.39, 0.29) is 12.5 Å². The third-order valence-corrected chi connectivity index (χ3v) is 6.59. The first kappa shape index (κ1) is 21.5. The fraction of sp³-hybridized carbons (Fsp3) is 0.375. The number of fused-ring (bicyclic) bond motifs is 3. The molecular formula is C24H28N4O2S. The lowest BCUT2D eigenvalue weighted by Gasteiger charge is -2.20. The molecular weight excluding hydrogens is 408 g/mol. The van der Waals surface area contributed by atoms with Gasteiger partial charge in [0.25, 0.3) is 0 Å². The summed E-state index contributed by atoms with van der Waals surface area (Å²) in [4.78, 5) is 26.5. The van der Waals surface area contributed by atoms with Gasteiger partial charge in [-0.3, -0.25) is 4.79 Å². The lowest BCUT2D eigenvalue weighted by Crippen LogP contribution is -2.37. The molecule has 0 unspecified atom stereocenters. The molecule has 162 valence electrons. The topological polar surface area (TPSA) is 67.3 Å². The molecule has 0 saturated carbocycles. The van der Waals surface area contributed by atoms with Crippen molar-refractivity contribution in [2.24, 2.45) is 0 Å². The van der Waals surface area contributed by atoms with E-state index in [1.54, 1.807) is 18.4 Å². The molecule has 1 aliphatic carbocycles. The zero-order valence-electron chi connectivity index (χ0n) is 18.1. The van der Waals surface area contributed by atoms with Crippen LogP contribution in [0.25, 0.3) is 22.4 Å². The molecule has 0 spiro atoms. The van der Waals surface area contributed by atoms with Gasteiger partial charge in [0.2, 0.25) is 5.91 Å². The number of rotatable bonds is 8. The van der Waals surface area contributed by atoms with Crippen LogP contribution < -0.4 is 10.2 Å². The van der Waals surface area contributed by atoms with Crippen molar-refractivity contribution in [2.75, 3.05) is 38.8 Å². The van der Waals surface area contributed by atoms with Crippen LogP contribution >= 0.6 is 11.3 Å². The number of carbonyl (C=O) groups excluding carboxylic acids is 1. The van der Waals surface area contributed by atoms with E-state index in [9.17, 15) is 4.79 Å². The molecule has 7 heteroatoms. The molecule has 0 fully saturated rings. The van der Waals surface area contributed by atoms with Crippen LogP contribution in [-0.2, 0) is 22.4 Å². The van der Waals surface area contributed by atoms with Gasteiger partial charge >= 0.3 is 0 Å². The lowest BCUT2D eigenvalue weighted by atomic mass is 9.97. The summed E-state index contributed by atoms with van der Waals surface area (Å²) in [6.45, 7) is 1.24. The summed E-state index contributed by atoms with van der Waals surface area (Å²) in [7, 11) is 3.55. The Bertz CT molecular complexity index is 1080. The van der Waals surface area contributed by atoms with E-state index in [1.165, 1.54) is 23.3 Å². The summed E-state index contributed by atoms with van der Waals surface area (Å²) >= 11 is 1.77. The minimum Gasteiger partial charge on any atom is -0.383 e. The molecule has 31 heavy (non-hydrogen) atoms. The molecule has 4 rings (SSSR count). The summed E-state index contributed by atoms with van der Waals surface area (Å²) < 4.78 is 5.02. The lowest BCUT2D eigenvalue weighted by molar-refractivity contribution is -0.119. The van der Waals surface area contributed by atoms with Crippen molar-refractivity contribution in [1.82, 2.24) is 15.3 Å². The summed E-state index contributed by atoms with van der Waals surface area (Å²) in [6, 6.07) is 10.1. The van der Waals surface area contributed by atoms with Crippen LogP contribution in [0.4, 0.5) is 5.82 Å². The number of nitrogens with zero attached hydrogens (tertiary/aromatic N) is 3. The fourth-order valence-electron chi connectivity index (χ4n) is 3.88. The van der Waals surface area contributed by atoms with Gasteiger partial charge < -0.3 is 15.0 Å². The van der Waals surface area contributed by atoms with Gasteiger partial charge in [0.1, 0.15) is 10.6 Å². The van der Waals surface area contributed by atoms with Crippen molar-refractivity contribution in [3.63, 3.8) is 0 Å². The number of thiophene rings is 1. The molecule has 6 nitrogen and oxygen atoms in total. The van der Waals surface area contributed by atoms with Crippen LogP contribution in [-0.4, -0.2) is 49.7 Å². The molecule has 2 heterocycles. The maximum absolute atomic E-state index is 12.4. The minimum absolute atomic E-state index is 0.0446. The molecule has 0 saturated heterocycles. The second-order valence-corrected chi connectivity index (χ2v) is 8.82. The number of ether oxygens (including phenoxy) is 1. The molecule has 1 aliphatic rings. The van der Waals surface area contributed by atoms with E-state index in [0.29, 0.717) is 19.0 Å². The highest BCUT2D eigenvalue weighted by atomic mass is 32.1. The van der Waals surface area contributed by atoms with E-state index in [4.69, 9.17) is 14.7 Å². The summed E-state index contributed by atoms with van der Waals surface area (Å²) in [6.07, 6.45) is 8.54. The highest BCUT2D eigenvalue weighted by Gasteiger charge is 2.23. The number of methoxy groups -OCH3 is 1. The van der Waals surface area contributed by atoms with Gasteiger partial charge in [0, 0.05) is 25.6 Å². The molecule has 1 amide bonds. The van der Waals surface area contributed by atoms with Gasteiger partial charge in [0.15, 0.2) is 5.82 Å². The number of amides is 1. The smallest absolute Gasteiger partial charge is 0.239 e. The number of aromatic nitrogens is 2.